The van der Waals surface area contributed by atoms with Crippen molar-refractivity contribution in [2.75, 3.05) is 12.4 Å². The van der Waals surface area contributed by atoms with Gasteiger partial charge < -0.3 is 4.74 Å². The van der Waals surface area contributed by atoms with Crippen LogP contribution in [0, 0.1) is 0 Å². The molecular weight excluding hydrogens is 218 g/mol. The Morgan fingerprint density at radius 3 is 2.30 bits per heavy atom. The van der Waals surface area contributed by atoms with E-state index < -0.39 is 9.76 Å². The summed E-state index contributed by atoms with van der Waals surface area (Å²) in [4.78, 5) is 10.6. The molecule has 0 bridgehead atoms. The first kappa shape index (κ1) is 10.7. The minimum atomic E-state index is -1.97. The van der Waals surface area contributed by atoms with Gasteiger partial charge in [0.15, 0.2) is 0 Å². The predicted molar refractivity (Wildman–Crippen MR) is 45.1 cm³/mol. The largest absolute Gasteiger partial charge is 0.462 e. The summed E-state index contributed by atoms with van der Waals surface area (Å²) in [7, 11) is 0. The minimum absolute atomic E-state index is 0.149. The highest BCUT2D eigenvalue weighted by molar-refractivity contribution is 7.80. The summed E-state index contributed by atoms with van der Waals surface area (Å²) in [5.41, 5.74) is 0. The summed E-state index contributed by atoms with van der Waals surface area (Å²) in [5.74, 6) is -0.460. The molecule has 0 N–H and O–H groups in total. The molecule has 0 spiro atoms. The van der Waals surface area contributed by atoms with Crippen molar-refractivity contribution in [3.8, 4) is 0 Å². The average molecular weight is 224 g/mol. The number of alkyl halides is 3. The Morgan fingerprint density at radius 1 is 1.50 bits per heavy atom. The lowest BCUT2D eigenvalue weighted by atomic mass is 10.7. The summed E-state index contributed by atoms with van der Waals surface area (Å²) in [6.45, 7) is 0.149. The van der Waals surface area contributed by atoms with Crippen LogP contribution in [0.1, 0.15) is 0 Å². The summed E-state index contributed by atoms with van der Waals surface area (Å²) < 4.78 is 2.48. The van der Waals surface area contributed by atoms with E-state index in [9.17, 15) is 4.79 Å². The third kappa shape index (κ3) is 4.50. The van der Waals surface area contributed by atoms with Crippen LogP contribution in [-0.4, -0.2) is 22.1 Å². The van der Waals surface area contributed by atoms with E-state index in [4.69, 9.17) is 34.8 Å². The van der Waals surface area contributed by atoms with Gasteiger partial charge in [-0.15, -0.1) is 0 Å². The Balaban J connectivity index is 3.64. The third-order valence-electron chi connectivity index (χ3n) is 0.556. The zero-order chi connectivity index (χ0) is 8.20. The second-order valence-corrected chi connectivity index (χ2v) is 4.09. The first-order valence-electron chi connectivity index (χ1n) is 2.33. The van der Waals surface area contributed by atoms with E-state index in [1.54, 1.807) is 0 Å². The Kier molecular flexibility index (Phi) is 4.86. The fourth-order valence-electron chi connectivity index (χ4n) is 0.220. The SMILES string of the molecule is O=C(OCCS)C(Cl)(Cl)Cl. The number of carbonyl (C=O) groups is 1. The van der Waals surface area contributed by atoms with E-state index in [0.717, 1.165) is 0 Å². The summed E-state index contributed by atoms with van der Waals surface area (Å²) in [6.07, 6.45) is 0. The molecule has 0 radical (unpaired) electrons. The van der Waals surface area contributed by atoms with Crippen LogP contribution in [0.2, 0.25) is 0 Å². The van der Waals surface area contributed by atoms with Crippen LogP contribution in [0.4, 0.5) is 0 Å². The van der Waals surface area contributed by atoms with E-state index >= 15 is 0 Å². The molecule has 0 amide bonds. The standard InChI is InChI=1S/C4H5Cl3O2S/c5-4(6,7)3(8)9-1-2-10/h10H,1-2H2. The van der Waals surface area contributed by atoms with Crippen molar-refractivity contribution in [1.82, 2.24) is 0 Å². The molecule has 0 aromatic rings. The molecule has 2 nitrogen and oxygen atoms in total. The average Bonchev–Trinajstić information content (AvgIpc) is 1.80. The Morgan fingerprint density at radius 2 is 2.00 bits per heavy atom. The molecule has 6 heteroatoms. The fourth-order valence-corrected chi connectivity index (χ4v) is 0.475. The molecule has 0 fully saturated rings. The van der Waals surface area contributed by atoms with Crippen LogP contribution < -0.4 is 0 Å². The third-order valence-corrected chi connectivity index (χ3v) is 1.20. The number of halogens is 3. The number of ether oxygens (including phenoxy) is 1. The van der Waals surface area contributed by atoms with Crippen LogP contribution in [0.15, 0.2) is 0 Å². The van der Waals surface area contributed by atoms with Crippen molar-refractivity contribution in [2.24, 2.45) is 0 Å². The topological polar surface area (TPSA) is 26.3 Å². The summed E-state index contributed by atoms with van der Waals surface area (Å²) in [5, 5.41) is 0. The van der Waals surface area contributed by atoms with Crippen molar-refractivity contribution in [3.63, 3.8) is 0 Å². The quantitative estimate of drug-likeness (QED) is 0.439. The van der Waals surface area contributed by atoms with Crippen molar-refractivity contribution < 1.29 is 9.53 Å². The smallest absolute Gasteiger partial charge is 0.358 e. The van der Waals surface area contributed by atoms with Gasteiger partial charge in [0.05, 0.1) is 0 Å². The fraction of sp³-hybridized carbons (Fsp3) is 0.750. The first-order valence-corrected chi connectivity index (χ1v) is 4.10. The monoisotopic (exact) mass is 222 g/mol. The highest BCUT2D eigenvalue weighted by Gasteiger charge is 2.32. The Labute approximate surface area is 79.2 Å². The van der Waals surface area contributed by atoms with Crippen LogP contribution in [0.5, 0.6) is 0 Å². The van der Waals surface area contributed by atoms with Gasteiger partial charge in [-0.05, 0) is 0 Å². The van der Waals surface area contributed by atoms with E-state index in [1.165, 1.54) is 0 Å². The molecule has 10 heavy (non-hydrogen) atoms. The minimum Gasteiger partial charge on any atom is -0.462 e. The second kappa shape index (κ2) is 4.54. The predicted octanol–water partition coefficient (Wildman–Crippen LogP) is 1.83. The van der Waals surface area contributed by atoms with Crippen LogP contribution in [0.25, 0.3) is 0 Å². The number of hydrogen-bond acceptors (Lipinski definition) is 3. The van der Waals surface area contributed by atoms with Gasteiger partial charge in [0.2, 0.25) is 0 Å². The van der Waals surface area contributed by atoms with Gasteiger partial charge >= 0.3 is 5.97 Å². The summed E-state index contributed by atoms with van der Waals surface area (Å²) >= 11 is 19.2. The molecule has 0 rings (SSSR count). The molecule has 0 unspecified atom stereocenters. The maximum absolute atomic E-state index is 10.6. The molecule has 0 aromatic carbocycles. The normalized spacial score (nSPS) is 11.2. The maximum Gasteiger partial charge on any atom is 0.358 e. The first-order chi connectivity index (χ1) is 4.48. The lowest BCUT2D eigenvalue weighted by Gasteiger charge is -2.08. The molecular formula is C4H5Cl3O2S. The molecule has 0 atom stereocenters. The van der Waals surface area contributed by atoms with Crippen molar-refractivity contribution >= 4 is 53.4 Å². The van der Waals surface area contributed by atoms with Crippen molar-refractivity contribution in [1.29, 1.82) is 0 Å². The van der Waals surface area contributed by atoms with Crippen LogP contribution in [-0.2, 0) is 9.53 Å². The lowest BCUT2D eigenvalue weighted by molar-refractivity contribution is -0.141. The highest BCUT2D eigenvalue weighted by Crippen LogP contribution is 2.27. The molecule has 0 aromatic heterocycles. The van der Waals surface area contributed by atoms with E-state index in [2.05, 4.69) is 17.4 Å². The van der Waals surface area contributed by atoms with E-state index in [1.807, 2.05) is 0 Å². The highest BCUT2D eigenvalue weighted by atomic mass is 35.6. The van der Waals surface area contributed by atoms with E-state index in [-0.39, 0.29) is 6.61 Å². The Hall–Kier alpha value is 0.690. The molecule has 0 saturated heterocycles. The molecule has 0 aliphatic heterocycles. The van der Waals surface area contributed by atoms with Gasteiger partial charge in [-0.25, -0.2) is 4.79 Å². The number of hydrogen-bond donors (Lipinski definition) is 1. The van der Waals surface area contributed by atoms with Crippen molar-refractivity contribution in [2.45, 2.75) is 3.79 Å². The van der Waals surface area contributed by atoms with Crippen molar-refractivity contribution in [3.05, 3.63) is 0 Å². The zero-order valence-corrected chi connectivity index (χ0v) is 7.97. The van der Waals surface area contributed by atoms with Gasteiger partial charge in [0.25, 0.3) is 3.79 Å². The molecule has 0 heterocycles. The second-order valence-electron chi connectivity index (χ2n) is 1.36. The van der Waals surface area contributed by atoms with Gasteiger partial charge in [0.1, 0.15) is 6.61 Å². The zero-order valence-electron chi connectivity index (χ0n) is 4.81. The van der Waals surface area contributed by atoms with Crippen LogP contribution in [0.3, 0.4) is 0 Å². The number of thiol groups is 1. The molecule has 0 aliphatic carbocycles. The van der Waals surface area contributed by atoms with Gasteiger partial charge in [0, 0.05) is 5.75 Å². The van der Waals surface area contributed by atoms with Gasteiger partial charge in [-0.2, -0.15) is 12.6 Å². The number of carbonyl (C=O) groups excluding carboxylic acids is 1. The lowest BCUT2D eigenvalue weighted by Crippen LogP contribution is -2.22. The number of esters is 1. The van der Waals surface area contributed by atoms with Gasteiger partial charge in [-0.3, -0.25) is 0 Å². The molecule has 60 valence electrons. The van der Waals surface area contributed by atoms with Gasteiger partial charge in [-0.1, -0.05) is 34.8 Å². The molecule has 0 aliphatic rings. The van der Waals surface area contributed by atoms with Crippen LogP contribution >= 0.6 is 47.4 Å². The number of rotatable bonds is 2. The maximum atomic E-state index is 10.6. The molecule has 0 saturated carbocycles. The van der Waals surface area contributed by atoms with E-state index in [0.29, 0.717) is 5.75 Å². The Bertz CT molecular complexity index is 122. The summed E-state index contributed by atoms with van der Waals surface area (Å²) in [6, 6.07) is 0.